The molecule has 0 unspecified atom stereocenters. The van der Waals surface area contributed by atoms with Crippen LogP contribution in [0.4, 0.5) is 20.2 Å². The number of hydroxylamine groups is 2. The normalized spacial score (nSPS) is 15.8. The van der Waals surface area contributed by atoms with Crippen LogP contribution in [0.5, 0.6) is 5.75 Å². The van der Waals surface area contributed by atoms with Gasteiger partial charge in [-0.3, -0.25) is 10.1 Å². The Morgan fingerprint density at radius 1 is 1.23 bits per heavy atom. The summed E-state index contributed by atoms with van der Waals surface area (Å²) in [4.78, 5) is 29.2. The summed E-state index contributed by atoms with van der Waals surface area (Å²) in [6.07, 6.45) is 0. The molecular weight excluding hydrogens is 352 g/mol. The number of alkyl halides is 2. The van der Waals surface area contributed by atoms with Gasteiger partial charge in [0.25, 0.3) is 0 Å². The molecule has 1 aliphatic rings. The van der Waals surface area contributed by atoms with Gasteiger partial charge < -0.3 is 14.5 Å². The first kappa shape index (κ1) is 19.8. The lowest BCUT2D eigenvalue weighted by molar-refractivity contribution is -0.386. The molecule has 0 aliphatic carbocycles. The maximum Gasteiger partial charge on any atom is 0.387 e. The van der Waals surface area contributed by atoms with E-state index in [9.17, 15) is 23.7 Å². The molecular formula is C16H21F2N3O5. The fourth-order valence-electron chi connectivity index (χ4n) is 2.33. The van der Waals surface area contributed by atoms with Crippen molar-refractivity contribution in [1.82, 2.24) is 5.06 Å². The van der Waals surface area contributed by atoms with Gasteiger partial charge in [-0.05, 0) is 26.8 Å². The SMILES string of the molecule is CC(C)(C)C(=O)ON1CCN(c2ccc([N+](=O)[O-])c(OC(F)F)c2)CC1. The van der Waals surface area contributed by atoms with Gasteiger partial charge in [-0.2, -0.15) is 8.78 Å². The molecule has 0 atom stereocenters. The molecule has 1 fully saturated rings. The Morgan fingerprint density at radius 2 is 1.85 bits per heavy atom. The Morgan fingerprint density at radius 3 is 2.35 bits per heavy atom. The van der Waals surface area contributed by atoms with Crippen LogP contribution in [0, 0.1) is 15.5 Å². The zero-order chi connectivity index (χ0) is 19.5. The van der Waals surface area contributed by atoms with Crippen LogP contribution in [0.25, 0.3) is 0 Å². The van der Waals surface area contributed by atoms with Gasteiger partial charge in [0.05, 0.1) is 23.4 Å². The smallest absolute Gasteiger partial charge is 0.387 e. The molecule has 0 aromatic heterocycles. The Kier molecular flexibility index (Phi) is 5.96. The van der Waals surface area contributed by atoms with Crippen molar-refractivity contribution in [3.63, 3.8) is 0 Å². The van der Waals surface area contributed by atoms with Crippen LogP contribution in [-0.4, -0.2) is 48.7 Å². The molecule has 1 saturated heterocycles. The molecule has 1 aromatic carbocycles. The number of halogens is 2. The fraction of sp³-hybridized carbons (Fsp3) is 0.562. The lowest BCUT2D eigenvalue weighted by Crippen LogP contribution is -2.48. The summed E-state index contributed by atoms with van der Waals surface area (Å²) >= 11 is 0. The van der Waals surface area contributed by atoms with E-state index in [0.717, 1.165) is 6.07 Å². The van der Waals surface area contributed by atoms with Crippen molar-refractivity contribution >= 4 is 17.3 Å². The zero-order valence-electron chi connectivity index (χ0n) is 14.8. The van der Waals surface area contributed by atoms with E-state index < -0.39 is 28.4 Å². The molecule has 0 amide bonds. The van der Waals surface area contributed by atoms with Crippen molar-refractivity contribution in [2.75, 3.05) is 31.1 Å². The maximum atomic E-state index is 12.5. The summed E-state index contributed by atoms with van der Waals surface area (Å²) in [5.74, 6) is -0.821. The highest BCUT2D eigenvalue weighted by atomic mass is 19.3. The summed E-state index contributed by atoms with van der Waals surface area (Å²) in [7, 11) is 0. The van der Waals surface area contributed by atoms with Crippen LogP contribution in [0.2, 0.25) is 0 Å². The van der Waals surface area contributed by atoms with Crippen molar-refractivity contribution in [2.45, 2.75) is 27.4 Å². The number of nitrogens with zero attached hydrogens (tertiary/aromatic N) is 3. The highest BCUT2D eigenvalue weighted by Crippen LogP contribution is 2.33. The highest BCUT2D eigenvalue weighted by Gasteiger charge is 2.28. The van der Waals surface area contributed by atoms with E-state index in [1.807, 2.05) is 4.90 Å². The molecule has 1 heterocycles. The molecule has 0 spiro atoms. The first-order chi connectivity index (χ1) is 12.1. The molecule has 2 rings (SSSR count). The summed E-state index contributed by atoms with van der Waals surface area (Å²) in [5, 5.41) is 12.5. The van der Waals surface area contributed by atoms with Crippen LogP contribution in [-0.2, 0) is 9.63 Å². The van der Waals surface area contributed by atoms with Crippen LogP contribution < -0.4 is 9.64 Å². The topological polar surface area (TPSA) is 85.2 Å². The third-order valence-electron chi connectivity index (χ3n) is 3.78. The lowest BCUT2D eigenvalue weighted by atomic mass is 9.98. The van der Waals surface area contributed by atoms with Gasteiger partial charge in [0, 0.05) is 30.9 Å². The average Bonchev–Trinajstić information content (AvgIpc) is 2.53. The molecule has 0 bridgehead atoms. The minimum atomic E-state index is -3.15. The number of nitro benzene ring substituents is 1. The summed E-state index contributed by atoms with van der Waals surface area (Å²) < 4.78 is 29.3. The van der Waals surface area contributed by atoms with Crippen molar-refractivity contribution in [3.05, 3.63) is 28.3 Å². The number of nitro groups is 1. The number of anilines is 1. The number of hydrogen-bond donors (Lipinski definition) is 0. The Bertz CT molecular complexity index is 670. The first-order valence-electron chi connectivity index (χ1n) is 8.03. The number of piperazine rings is 1. The molecule has 0 radical (unpaired) electrons. The van der Waals surface area contributed by atoms with E-state index in [0.29, 0.717) is 31.9 Å². The molecule has 1 aromatic rings. The van der Waals surface area contributed by atoms with Crippen LogP contribution >= 0.6 is 0 Å². The Labute approximate surface area is 149 Å². The maximum absolute atomic E-state index is 12.5. The lowest BCUT2D eigenvalue weighted by Gasteiger charge is -2.35. The van der Waals surface area contributed by atoms with Crippen molar-refractivity contribution in [1.29, 1.82) is 0 Å². The molecule has 10 heteroatoms. The Balaban J connectivity index is 2.05. The molecule has 0 saturated carbocycles. The van der Waals surface area contributed by atoms with Gasteiger partial charge in [-0.1, -0.05) is 0 Å². The van der Waals surface area contributed by atoms with Gasteiger partial charge in [-0.15, -0.1) is 5.06 Å². The summed E-state index contributed by atoms with van der Waals surface area (Å²) in [6.45, 7) is 3.88. The Hall–Kier alpha value is -2.49. The first-order valence-corrected chi connectivity index (χ1v) is 8.03. The zero-order valence-corrected chi connectivity index (χ0v) is 14.8. The van der Waals surface area contributed by atoms with Gasteiger partial charge >= 0.3 is 18.3 Å². The van der Waals surface area contributed by atoms with E-state index in [1.165, 1.54) is 12.1 Å². The summed E-state index contributed by atoms with van der Waals surface area (Å²) in [5.41, 5.74) is -0.614. The molecule has 26 heavy (non-hydrogen) atoms. The van der Waals surface area contributed by atoms with Gasteiger partial charge in [-0.25, -0.2) is 4.79 Å². The highest BCUT2D eigenvalue weighted by molar-refractivity contribution is 5.75. The van der Waals surface area contributed by atoms with Crippen molar-refractivity contribution in [3.8, 4) is 5.75 Å². The van der Waals surface area contributed by atoms with E-state index >= 15 is 0 Å². The van der Waals surface area contributed by atoms with Crippen LogP contribution in [0.1, 0.15) is 20.8 Å². The number of hydrogen-bond acceptors (Lipinski definition) is 7. The molecule has 8 nitrogen and oxygen atoms in total. The van der Waals surface area contributed by atoms with Gasteiger partial charge in [0.1, 0.15) is 0 Å². The number of benzene rings is 1. The minimum absolute atomic E-state index is 0.339. The summed E-state index contributed by atoms with van der Waals surface area (Å²) in [6, 6.07) is 3.84. The van der Waals surface area contributed by atoms with Gasteiger partial charge in [0.2, 0.25) is 5.75 Å². The molecule has 144 valence electrons. The van der Waals surface area contributed by atoms with Crippen molar-refractivity contribution in [2.24, 2.45) is 5.41 Å². The average molecular weight is 373 g/mol. The predicted molar refractivity (Wildman–Crippen MR) is 89.1 cm³/mol. The van der Waals surface area contributed by atoms with Crippen molar-refractivity contribution < 1.29 is 28.1 Å². The predicted octanol–water partition coefficient (Wildman–Crippen LogP) is 2.82. The molecule has 0 N–H and O–H groups in total. The number of rotatable bonds is 5. The van der Waals surface area contributed by atoms with E-state index in [4.69, 9.17) is 4.84 Å². The van der Waals surface area contributed by atoms with E-state index in [-0.39, 0.29) is 5.97 Å². The largest absolute Gasteiger partial charge is 0.427 e. The van der Waals surface area contributed by atoms with Crippen LogP contribution in [0.15, 0.2) is 18.2 Å². The second-order valence-electron chi connectivity index (χ2n) is 6.83. The monoisotopic (exact) mass is 373 g/mol. The molecule has 1 aliphatic heterocycles. The van der Waals surface area contributed by atoms with E-state index in [2.05, 4.69) is 4.74 Å². The number of carbonyl (C=O) groups excluding carboxylic acids is 1. The fourth-order valence-corrected chi connectivity index (χ4v) is 2.33. The third kappa shape index (κ3) is 5.01. The second-order valence-corrected chi connectivity index (χ2v) is 6.83. The standard InChI is InChI=1S/C16H21F2N3O5/c1-16(2,3)14(22)26-20-8-6-19(7-9-20)11-4-5-12(21(23)24)13(10-11)25-15(17)18/h4-5,10,15H,6-9H2,1-3H3. The van der Waals surface area contributed by atoms with Crippen LogP contribution in [0.3, 0.4) is 0 Å². The third-order valence-corrected chi connectivity index (χ3v) is 3.78. The quantitative estimate of drug-likeness (QED) is 0.579. The number of carbonyl (C=O) groups is 1. The second kappa shape index (κ2) is 7.81. The minimum Gasteiger partial charge on any atom is -0.427 e. The number of ether oxygens (including phenoxy) is 1. The van der Waals surface area contributed by atoms with Gasteiger partial charge in [0.15, 0.2) is 0 Å². The van der Waals surface area contributed by atoms with E-state index in [1.54, 1.807) is 25.8 Å².